The van der Waals surface area contributed by atoms with Gasteiger partial charge in [0.25, 0.3) is 0 Å². The van der Waals surface area contributed by atoms with Crippen molar-refractivity contribution in [2.45, 2.75) is 44.9 Å². The summed E-state index contributed by atoms with van der Waals surface area (Å²) in [6, 6.07) is -0.252. The van der Waals surface area contributed by atoms with E-state index in [1.54, 1.807) is 13.8 Å². The van der Waals surface area contributed by atoms with Crippen LogP contribution in [0.15, 0.2) is 0 Å². The van der Waals surface area contributed by atoms with Gasteiger partial charge in [-0.2, -0.15) is 0 Å². The van der Waals surface area contributed by atoms with E-state index in [1.807, 2.05) is 0 Å². The molecule has 0 atom stereocenters. The molecule has 1 amide bonds. The molecule has 0 fully saturated rings. The average molecular weight is 279 g/mol. The Morgan fingerprint density at radius 2 is 1.72 bits per heavy atom. The van der Waals surface area contributed by atoms with Gasteiger partial charge in [-0.3, -0.25) is 9.59 Å². The molecule has 0 saturated heterocycles. The normalized spacial score (nSPS) is 12.6. The molecule has 0 aromatic rings. The number of carboxylic acid groups (broad SMARTS) is 1. The van der Waals surface area contributed by atoms with Crippen molar-refractivity contribution >= 4 is 21.7 Å². The number of hydrogen-bond donors (Lipinski definition) is 1. The minimum Gasteiger partial charge on any atom is -0.481 e. The maximum absolute atomic E-state index is 12.2. The largest absolute Gasteiger partial charge is 0.481 e. The van der Waals surface area contributed by atoms with Gasteiger partial charge < -0.3 is 10.0 Å². The highest BCUT2D eigenvalue weighted by Gasteiger charge is 2.41. The van der Waals surface area contributed by atoms with Crippen molar-refractivity contribution in [2.24, 2.45) is 0 Å². The second-order valence-corrected chi connectivity index (χ2v) is 7.58. The van der Waals surface area contributed by atoms with E-state index in [2.05, 4.69) is 0 Å². The SMILES string of the molecule is CC(C)N(CCC(=O)O)C(=O)C(C)(C)S(C)(=O)=O. The van der Waals surface area contributed by atoms with Crippen LogP contribution in [-0.2, 0) is 19.4 Å². The minimum absolute atomic E-state index is 0.00475. The van der Waals surface area contributed by atoms with E-state index in [0.717, 1.165) is 6.26 Å². The van der Waals surface area contributed by atoms with Crippen molar-refractivity contribution in [3.63, 3.8) is 0 Å². The fraction of sp³-hybridized carbons (Fsp3) is 0.818. The molecule has 0 aromatic carbocycles. The van der Waals surface area contributed by atoms with Gasteiger partial charge in [-0.05, 0) is 27.7 Å². The van der Waals surface area contributed by atoms with Gasteiger partial charge >= 0.3 is 5.97 Å². The molecular formula is C11H21NO5S. The van der Waals surface area contributed by atoms with Crippen LogP contribution in [0.1, 0.15) is 34.1 Å². The van der Waals surface area contributed by atoms with Crippen LogP contribution >= 0.6 is 0 Å². The number of carbonyl (C=O) groups is 2. The summed E-state index contributed by atoms with van der Waals surface area (Å²) in [5.41, 5.74) is 0. The summed E-state index contributed by atoms with van der Waals surface area (Å²) in [5, 5.41) is 8.63. The van der Waals surface area contributed by atoms with Gasteiger partial charge in [0.15, 0.2) is 9.84 Å². The number of rotatable bonds is 6. The van der Waals surface area contributed by atoms with Crippen LogP contribution in [0.4, 0.5) is 0 Å². The topological polar surface area (TPSA) is 91.8 Å². The quantitative estimate of drug-likeness (QED) is 0.765. The molecule has 18 heavy (non-hydrogen) atoms. The Labute approximate surface area is 108 Å². The third kappa shape index (κ3) is 3.97. The summed E-state index contributed by atoms with van der Waals surface area (Å²) in [6.45, 7) is 6.11. The van der Waals surface area contributed by atoms with E-state index in [-0.39, 0.29) is 19.0 Å². The number of hydrogen-bond acceptors (Lipinski definition) is 4. The average Bonchev–Trinajstić information content (AvgIpc) is 2.14. The molecule has 0 spiro atoms. The highest BCUT2D eigenvalue weighted by Crippen LogP contribution is 2.20. The highest BCUT2D eigenvalue weighted by molar-refractivity contribution is 7.92. The Morgan fingerprint density at radius 1 is 1.28 bits per heavy atom. The van der Waals surface area contributed by atoms with Gasteiger partial charge in [-0.1, -0.05) is 0 Å². The van der Waals surface area contributed by atoms with E-state index < -0.39 is 26.5 Å². The van der Waals surface area contributed by atoms with E-state index in [4.69, 9.17) is 5.11 Å². The fourth-order valence-electron chi connectivity index (χ4n) is 1.31. The van der Waals surface area contributed by atoms with Crippen LogP contribution in [-0.4, -0.2) is 53.9 Å². The number of amides is 1. The number of sulfone groups is 1. The van der Waals surface area contributed by atoms with Gasteiger partial charge in [0.1, 0.15) is 4.75 Å². The third-order valence-electron chi connectivity index (χ3n) is 2.89. The predicted octanol–water partition coefficient (Wildman–Crippen LogP) is 0.521. The first kappa shape index (κ1) is 16.9. The molecule has 6 nitrogen and oxygen atoms in total. The molecule has 0 aliphatic carbocycles. The second kappa shape index (κ2) is 5.69. The van der Waals surface area contributed by atoms with Crippen molar-refractivity contribution in [1.82, 2.24) is 4.90 Å². The van der Waals surface area contributed by atoms with E-state index in [0.29, 0.717) is 0 Å². The summed E-state index contributed by atoms with van der Waals surface area (Å²) in [5.74, 6) is -1.59. The van der Waals surface area contributed by atoms with Crippen LogP contribution in [0, 0.1) is 0 Å². The van der Waals surface area contributed by atoms with Gasteiger partial charge in [-0.25, -0.2) is 8.42 Å². The first-order chi connectivity index (χ1) is 7.91. The maximum Gasteiger partial charge on any atom is 0.305 e. The van der Waals surface area contributed by atoms with Gasteiger partial charge in [0.05, 0.1) is 6.42 Å². The molecule has 0 aliphatic heterocycles. The predicted molar refractivity (Wildman–Crippen MR) is 68.0 cm³/mol. The lowest BCUT2D eigenvalue weighted by molar-refractivity contribution is -0.139. The van der Waals surface area contributed by atoms with Crippen molar-refractivity contribution < 1.29 is 23.1 Å². The number of carboxylic acids is 1. The highest BCUT2D eigenvalue weighted by atomic mass is 32.2. The van der Waals surface area contributed by atoms with Crippen molar-refractivity contribution in [1.29, 1.82) is 0 Å². The van der Waals surface area contributed by atoms with Crippen LogP contribution in [0.25, 0.3) is 0 Å². The van der Waals surface area contributed by atoms with Crippen LogP contribution in [0.2, 0.25) is 0 Å². The van der Waals surface area contributed by atoms with Crippen LogP contribution in [0.5, 0.6) is 0 Å². The monoisotopic (exact) mass is 279 g/mol. The minimum atomic E-state index is -3.56. The summed E-state index contributed by atoms with van der Waals surface area (Å²) < 4.78 is 21.6. The molecule has 0 unspecified atom stereocenters. The van der Waals surface area contributed by atoms with Gasteiger partial charge in [0, 0.05) is 18.8 Å². The summed E-state index contributed by atoms with van der Waals surface area (Å²) in [4.78, 5) is 24.0. The van der Waals surface area contributed by atoms with Crippen LogP contribution < -0.4 is 0 Å². The Morgan fingerprint density at radius 3 is 2.00 bits per heavy atom. The standard InChI is InChI=1S/C11H21NO5S/c1-8(2)12(7-6-9(13)14)10(15)11(3,4)18(5,16)17/h8H,6-7H2,1-5H3,(H,13,14). The summed E-state index contributed by atoms with van der Waals surface area (Å²) in [6.07, 6.45) is 0.796. The zero-order valence-corrected chi connectivity index (χ0v) is 12.2. The Hall–Kier alpha value is -1.11. The molecule has 0 aliphatic rings. The lowest BCUT2D eigenvalue weighted by atomic mass is 10.1. The Bertz CT molecular complexity index is 425. The Kier molecular flexibility index (Phi) is 5.34. The first-order valence-corrected chi connectivity index (χ1v) is 7.53. The molecule has 7 heteroatoms. The fourth-order valence-corrected chi connectivity index (χ4v) is 1.75. The van der Waals surface area contributed by atoms with E-state index in [9.17, 15) is 18.0 Å². The molecule has 0 saturated carbocycles. The molecular weight excluding hydrogens is 258 g/mol. The molecule has 106 valence electrons. The molecule has 0 radical (unpaired) electrons. The number of carbonyl (C=O) groups excluding carboxylic acids is 1. The second-order valence-electron chi connectivity index (χ2n) is 5.02. The molecule has 0 bridgehead atoms. The summed E-state index contributed by atoms with van der Waals surface area (Å²) >= 11 is 0. The Balaban J connectivity index is 5.16. The van der Waals surface area contributed by atoms with Gasteiger partial charge in [-0.15, -0.1) is 0 Å². The molecule has 1 N–H and O–H groups in total. The van der Waals surface area contributed by atoms with Gasteiger partial charge in [0.2, 0.25) is 5.91 Å². The summed E-state index contributed by atoms with van der Waals surface area (Å²) in [7, 11) is -3.56. The lowest BCUT2D eigenvalue weighted by Crippen LogP contribution is -2.52. The molecule has 0 heterocycles. The van der Waals surface area contributed by atoms with Crippen molar-refractivity contribution in [2.75, 3.05) is 12.8 Å². The van der Waals surface area contributed by atoms with Crippen molar-refractivity contribution in [3.05, 3.63) is 0 Å². The zero-order chi connectivity index (χ0) is 14.7. The van der Waals surface area contributed by atoms with Crippen LogP contribution in [0.3, 0.4) is 0 Å². The molecule has 0 aromatic heterocycles. The van der Waals surface area contributed by atoms with Crippen molar-refractivity contribution in [3.8, 4) is 0 Å². The smallest absolute Gasteiger partial charge is 0.305 e. The first-order valence-electron chi connectivity index (χ1n) is 5.63. The lowest BCUT2D eigenvalue weighted by Gasteiger charge is -2.33. The van der Waals surface area contributed by atoms with E-state index >= 15 is 0 Å². The zero-order valence-electron chi connectivity index (χ0n) is 11.4. The number of aliphatic carboxylic acids is 1. The maximum atomic E-state index is 12.2. The number of nitrogens with zero attached hydrogens (tertiary/aromatic N) is 1. The third-order valence-corrected chi connectivity index (χ3v) is 4.92. The molecule has 0 rings (SSSR count). The van der Waals surface area contributed by atoms with E-state index in [1.165, 1.54) is 18.7 Å².